The maximum atomic E-state index is 12.2. The molecular formula is C7H6F3NO2. The highest BCUT2D eigenvalue weighted by Gasteiger charge is 2.35. The van der Waals surface area contributed by atoms with E-state index in [1.54, 1.807) is 0 Å². The molecule has 1 aromatic rings. The maximum absolute atomic E-state index is 12.2. The number of aromatic hydroxyl groups is 1. The lowest BCUT2D eigenvalue weighted by atomic mass is 10.2. The maximum Gasteiger partial charge on any atom is 0.421 e. The van der Waals surface area contributed by atoms with E-state index in [1.807, 2.05) is 0 Å². The first kappa shape index (κ1) is 9.63. The first-order chi connectivity index (χ1) is 5.96. The van der Waals surface area contributed by atoms with Gasteiger partial charge in [-0.2, -0.15) is 13.2 Å². The van der Waals surface area contributed by atoms with Crippen LogP contribution in [0.3, 0.4) is 0 Å². The summed E-state index contributed by atoms with van der Waals surface area (Å²) in [4.78, 5) is 3.21. The van der Waals surface area contributed by atoms with Gasteiger partial charge in [-0.05, 0) is 0 Å². The lowest BCUT2D eigenvalue weighted by molar-refractivity contribution is -0.139. The normalized spacial score (nSPS) is 11.4. The Morgan fingerprint density at radius 1 is 1.38 bits per heavy atom. The van der Waals surface area contributed by atoms with Crippen LogP contribution in [0.2, 0.25) is 0 Å². The third kappa shape index (κ3) is 1.82. The van der Waals surface area contributed by atoms with Crippen LogP contribution < -0.4 is 4.74 Å². The van der Waals surface area contributed by atoms with Gasteiger partial charge < -0.3 is 9.84 Å². The zero-order valence-corrected chi connectivity index (χ0v) is 6.59. The SMILES string of the molecule is COc1c(O)cncc1C(F)(F)F. The fraction of sp³-hybridized carbons (Fsp3) is 0.286. The highest BCUT2D eigenvalue weighted by molar-refractivity contribution is 5.44. The molecule has 3 nitrogen and oxygen atoms in total. The molecule has 0 fully saturated rings. The van der Waals surface area contributed by atoms with Gasteiger partial charge in [0, 0.05) is 6.20 Å². The van der Waals surface area contributed by atoms with E-state index in [4.69, 9.17) is 5.11 Å². The molecule has 0 aliphatic rings. The summed E-state index contributed by atoms with van der Waals surface area (Å²) in [5.41, 5.74) is -1.09. The second-order valence-electron chi connectivity index (χ2n) is 2.24. The van der Waals surface area contributed by atoms with E-state index in [0.717, 1.165) is 13.3 Å². The van der Waals surface area contributed by atoms with Crippen molar-refractivity contribution in [3.05, 3.63) is 18.0 Å². The second kappa shape index (κ2) is 3.12. The average Bonchev–Trinajstić information content (AvgIpc) is 2.02. The van der Waals surface area contributed by atoms with Crippen LogP contribution in [0.1, 0.15) is 5.56 Å². The summed E-state index contributed by atoms with van der Waals surface area (Å²) in [5, 5.41) is 8.97. The van der Waals surface area contributed by atoms with E-state index in [-0.39, 0.29) is 0 Å². The van der Waals surface area contributed by atoms with Crippen molar-refractivity contribution in [3.63, 3.8) is 0 Å². The quantitative estimate of drug-likeness (QED) is 0.739. The summed E-state index contributed by atoms with van der Waals surface area (Å²) in [7, 11) is 1.05. The molecule has 0 spiro atoms. The van der Waals surface area contributed by atoms with E-state index >= 15 is 0 Å². The fourth-order valence-corrected chi connectivity index (χ4v) is 0.854. The number of ether oxygens (including phenoxy) is 1. The third-order valence-electron chi connectivity index (χ3n) is 1.39. The minimum Gasteiger partial charge on any atom is -0.503 e. The number of aromatic nitrogens is 1. The van der Waals surface area contributed by atoms with Gasteiger partial charge in [-0.15, -0.1) is 0 Å². The predicted molar refractivity (Wildman–Crippen MR) is 37.5 cm³/mol. The summed E-state index contributed by atoms with van der Waals surface area (Å²) in [6, 6.07) is 0. The second-order valence-corrected chi connectivity index (χ2v) is 2.24. The Balaban J connectivity index is 3.29. The molecule has 0 radical (unpaired) electrons. The Morgan fingerprint density at radius 2 is 2.00 bits per heavy atom. The van der Waals surface area contributed by atoms with Gasteiger partial charge in [0.15, 0.2) is 11.5 Å². The summed E-state index contributed by atoms with van der Waals surface area (Å²) < 4.78 is 40.9. The summed E-state index contributed by atoms with van der Waals surface area (Å²) in [5.74, 6) is -1.24. The number of methoxy groups -OCH3 is 1. The third-order valence-corrected chi connectivity index (χ3v) is 1.39. The van der Waals surface area contributed by atoms with Gasteiger partial charge in [-0.25, -0.2) is 0 Å². The molecule has 1 aromatic heterocycles. The summed E-state index contributed by atoms with van der Waals surface area (Å²) in [6.07, 6.45) is -3.09. The molecular weight excluding hydrogens is 187 g/mol. The van der Waals surface area contributed by atoms with Crippen molar-refractivity contribution in [2.75, 3.05) is 7.11 Å². The van der Waals surface area contributed by atoms with Crippen LogP contribution in [-0.2, 0) is 6.18 Å². The van der Waals surface area contributed by atoms with E-state index in [1.165, 1.54) is 0 Å². The van der Waals surface area contributed by atoms with Gasteiger partial charge in [0.1, 0.15) is 5.56 Å². The van der Waals surface area contributed by atoms with Crippen LogP contribution >= 0.6 is 0 Å². The average molecular weight is 193 g/mol. The Kier molecular flexibility index (Phi) is 2.31. The lowest BCUT2D eigenvalue weighted by Crippen LogP contribution is -2.07. The molecule has 0 saturated heterocycles. The molecule has 1 N–H and O–H groups in total. The van der Waals surface area contributed by atoms with Crippen molar-refractivity contribution in [1.82, 2.24) is 4.98 Å². The highest BCUT2D eigenvalue weighted by Crippen LogP contribution is 2.39. The molecule has 0 bridgehead atoms. The molecule has 1 heterocycles. The van der Waals surface area contributed by atoms with E-state index in [9.17, 15) is 13.2 Å². The lowest BCUT2D eigenvalue weighted by Gasteiger charge is -2.11. The van der Waals surface area contributed by atoms with Crippen molar-refractivity contribution in [3.8, 4) is 11.5 Å². The minimum atomic E-state index is -4.57. The Morgan fingerprint density at radius 3 is 2.38 bits per heavy atom. The monoisotopic (exact) mass is 193 g/mol. The summed E-state index contributed by atoms with van der Waals surface area (Å²) >= 11 is 0. The van der Waals surface area contributed by atoms with Crippen LogP contribution in [0.4, 0.5) is 13.2 Å². The Hall–Kier alpha value is -1.46. The molecule has 6 heteroatoms. The van der Waals surface area contributed by atoms with Gasteiger partial charge in [-0.1, -0.05) is 0 Å². The Bertz CT molecular complexity index is 311. The van der Waals surface area contributed by atoms with Crippen LogP contribution in [0, 0.1) is 0 Å². The zero-order valence-electron chi connectivity index (χ0n) is 6.59. The van der Waals surface area contributed by atoms with E-state index < -0.39 is 23.2 Å². The highest BCUT2D eigenvalue weighted by atomic mass is 19.4. The zero-order chi connectivity index (χ0) is 10.1. The molecule has 0 atom stereocenters. The number of hydrogen-bond acceptors (Lipinski definition) is 3. The van der Waals surface area contributed by atoms with Crippen LogP contribution in [0.25, 0.3) is 0 Å². The molecule has 72 valence electrons. The number of alkyl halides is 3. The number of rotatable bonds is 1. The topological polar surface area (TPSA) is 42.4 Å². The molecule has 0 aliphatic heterocycles. The van der Waals surface area contributed by atoms with Gasteiger partial charge >= 0.3 is 6.18 Å². The first-order valence-electron chi connectivity index (χ1n) is 3.25. The number of nitrogens with zero attached hydrogens (tertiary/aromatic N) is 1. The largest absolute Gasteiger partial charge is 0.503 e. The predicted octanol–water partition coefficient (Wildman–Crippen LogP) is 1.81. The van der Waals surface area contributed by atoms with Crippen molar-refractivity contribution in [2.45, 2.75) is 6.18 Å². The number of pyridine rings is 1. The smallest absolute Gasteiger partial charge is 0.421 e. The minimum absolute atomic E-state index is 0.596. The first-order valence-corrected chi connectivity index (χ1v) is 3.25. The van der Waals surface area contributed by atoms with Crippen molar-refractivity contribution in [2.24, 2.45) is 0 Å². The standard InChI is InChI=1S/C7H6F3NO2/c1-13-6-4(7(8,9)10)2-11-3-5(6)12/h2-3,12H,1H3. The van der Waals surface area contributed by atoms with Gasteiger partial charge in [0.25, 0.3) is 0 Å². The number of hydrogen-bond donors (Lipinski definition) is 1. The van der Waals surface area contributed by atoms with Crippen molar-refractivity contribution >= 4 is 0 Å². The molecule has 0 unspecified atom stereocenters. The molecule has 1 rings (SSSR count). The van der Waals surface area contributed by atoms with E-state index in [0.29, 0.717) is 6.20 Å². The fourth-order valence-electron chi connectivity index (χ4n) is 0.854. The van der Waals surface area contributed by atoms with Crippen LogP contribution in [-0.4, -0.2) is 17.2 Å². The van der Waals surface area contributed by atoms with Gasteiger partial charge in [0.2, 0.25) is 0 Å². The molecule has 13 heavy (non-hydrogen) atoms. The molecule has 0 aliphatic carbocycles. The van der Waals surface area contributed by atoms with Gasteiger partial charge in [-0.3, -0.25) is 4.98 Å². The van der Waals surface area contributed by atoms with E-state index in [2.05, 4.69) is 9.72 Å². The van der Waals surface area contributed by atoms with Crippen LogP contribution in [0.5, 0.6) is 11.5 Å². The molecule has 0 aromatic carbocycles. The Labute approximate surface area is 71.8 Å². The number of halogens is 3. The molecule has 0 saturated carbocycles. The van der Waals surface area contributed by atoms with Crippen molar-refractivity contribution < 1.29 is 23.0 Å². The molecule has 0 amide bonds. The van der Waals surface area contributed by atoms with Gasteiger partial charge in [0.05, 0.1) is 13.3 Å². The van der Waals surface area contributed by atoms with Crippen molar-refractivity contribution in [1.29, 1.82) is 0 Å². The summed E-state index contributed by atoms with van der Waals surface area (Å²) in [6.45, 7) is 0. The van der Waals surface area contributed by atoms with Crippen LogP contribution in [0.15, 0.2) is 12.4 Å².